The first kappa shape index (κ1) is 23.0. The highest BCUT2D eigenvalue weighted by molar-refractivity contribution is 8.23. The first-order chi connectivity index (χ1) is 15.2. The number of nitrogens with one attached hydrogen (secondary N) is 1. The lowest BCUT2D eigenvalue weighted by Crippen LogP contribution is -2.34. The molecule has 2 aliphatic heterocycles. The van der Waals surface area contributed by atoms with E-state index in [0.29, 0.717) is 6.42 Å². The second-order valence-electron chi connectivity index (χ2n) is 7.83. The average molecular weight is 496 g/mol. The highest BCUT2D eigenvalue weighted by atomic mass is 32.5. The predicted molar refractivity (Wildman–Crippen MR) is 126 cm³/mol. The second kappa shape index (κ2) is 9.02. The van der Waals surface area contributed by atoms with Crippen LogP contribution in [-0.2, 0) is 30.7 Å². The summed E-state index contributed by atoms with van der Waals surface area (Å²) in [5.41, 5.74) is 0.931. The van der Waals surface area contributed by atoms with Crippen LogP contribution in [0.2, 0.25) is 0 Å². The van der Waals surface area contributed by atoms with Crippen molar-refractivity contribution in [1.82, 2.24) is 9.03 Å². The highest BCUT2D eigenvalue weighted by Gasteiger charge is 2.36. The summed E-state index contributed by atoms with van der Waals surface area (Å²) in [6.07, 6.45) is 3.38. The Morgan fingerprint density at radius 2 is 1.97 bits per heavy atom. The summed E-state index contributed by atoms with van der Waals surface area (Å²) in [5, 5.41) is 10.4. The molecule has 2 unspecified atom stereocenters. The molecule has 2 fully saturated rings. The van der Waals surface area contributed by atoms with Crippen molar-refractivity contribution in [3.63, 3.8) is 0 Å². The minimum atomic E-state index is -3.97. The summed E-state index contributed by atoms with van der Waals surface area (Å²) in [7, 11) is -5.47. The number of hydrogen-bond donors (Lipinski definition) is 2. The zero-order valence-corrected chi connectivity index (χ0v) is 20.2. The Morgan fingerprint density at radius 1 is 1.22 bits per heavy atom. The molecular weight excluding hydrogens is 469 g/mol. The largest absolute Gasteiger partial charge is 0.506 e. The molecule has 2 atom stereocenters. The molecule has 0 spiro atoms. The molecule has 2 N–H and O–H groups in total. The highest BCUT2D eigenvalue weighted by Crippen LogP contribution is 2.35. The smallest absolute Gasteiger partial charge is 0.326 e. The van der Waals surface area contributed by atoms with Gasteiger partial charge in [0, 0.05) is 17.5 Å². The number of phenolic OH excluding ortho intramolecular Hbond substituents is 1. The van der Waals surface area contributed by atoms with E-state index >= 15 is 0 Å². The third-order valence-corrected chi connectivity index (χ3v) is 12.5. The average Bonchev–Trinajstić information content (AvgIpc) is 3.35. The van der Waals surface area contributed by atoms with Crippen LogP contribution in [-0.4, -0.2) is 53.7 Å². The van der Waals surface area contributed by atoms with Gasteiger partial charge in [0.15, 0.2) is 0 Å². The Hall–Kier alpha value is -2.13. The fraction of sp³-hybridized carbons (Fsp3) is 0.381. The molecule has 8 nitrogen and oxygen atoms in total. The minimum absolute atomic E-state index is 0.0754. The van der Waals surface area contributed by atoms with E-state index in [1.807, 2.05) is 41.7 Å². The summed E-state index contributed by atoms with van der Waals surface area (Å²) in [6.45, 7) is 2.38. The molecule has 0 saturated carbocycles. The Morgan fingerprint density at radius 3 is 2.59 bits per heavy atom. The van der Waals surface area contributed by atoms with Crippen molar-refractivity contribution in [2.75, 3.05) is 24.1 Å². The van der Waals surface area contributed by atoms with E-state index in [2.05, 4.69) is 4.31 Å². The molecule has 4 rings (SSSR count). The normalized spacial score (nSPS) is 22.7. The zero-order valence-electron chi connectivity index (χ0n) is 17.7. The Bertz CT molecular complexity index is 1240. The lowest BCUT2D eigenvalue weighted by molar-refractivity contribution is -0.117. The van der Waals surface area contributed by atoms with Crippen LogP contribution in [0.3, 0.4) is 0 Å². The summed E-state index contributed by atoms with van der Waals surface area (Å²) in [5.74, 6) is -0.821. The van der Waals surface area contributed by atoms with E-state index in [-0.39, 0.29) is 24.0 Å². The van der Waals surface area contributed by atoms with Crippen molar-refractivity contribution in [2.24, 2.45) is 0 Å². The minimum Gasteiger partial charge on any atom is -0.506 e. The number of hydrogen-bond acceptors (Lipinski definition) is 5. The van der Waals surface area contributed by atoms with Crippen molar-refractivity contribution in [1.29, 1.82) is 0 Å². The number of phenols is 1. The van der Waals surface area contributed by atoms with E-state index in [4.69, 9.17) is 0 Å². The van der Waals surface area contributed by atoms with Crippen LogP contribution >= 0.6 is 7.36 Å². The molecule has 172 valence electrons. The maximum Gasteiger partial charge on any atom is 0.326 e. The van der Waals surface area contributed by atoms with Gasteiger partial charge in [0.2, 0.25) is 0 Å². The number of nitrogens with zero attached hydrogens (tertiary/aromatic N) is 2. The number of benzene rings is 2. The number of aromatic hydroxyl groups is 1. The molecule has 2 aromatic rings. The fourth-order valence-corrected chi connectivity index (χ4v) is 9.93. The van der Waals surface area contributed by atoms with Crippen molar-refractivity contribution in [3.8, 4) is 5.75 Å². The second-order valence-corrected chi connectivity index (χ2v) is 14.3. The summed E-state index contributed by atoms with van der Waals surface area (Å²) in [6, 6.07) is 14.6. The molecule has 2 aromatic carbocycles. The molecule has 1 amide bonds. The third kappa shape index (κ3) is 4.37. The maximum atomic E-state index is 13.9. The van der Waals surface area contributed by atoms with Crippen LogP contribution in [0.5, 0.6) is 5.75 Å². The van der Waals surface area contributed by atoms with Crippen LogP contribution in [0.4, 0.5) is 5.69 Å². The molecule has 2 heterocycles. The summed E-state index contributed by atoms with van der Waals surface area (Å²) >= 11 is 0. The first-order valence-electron chi connectivity index (χ1n) is 10.4. The predicted octanol–water partition coefficient (Wildman–Crippen LogP) is 2.72. The zero-order chi connectivity index (χ0) is 22.9. The van der Waals surface area contributed by atoms with Gasteiger partial charge in [0.1, 0.15) is 12.3 Å². The first-order valence-corrected chi connectivity index (χ1v) is 15.3. The van der Waals surface area contributed by atoms with E-state index in [0.717, 1.165) is 47.9 Å². The number of carbonyl (C=O) groups is 1. The Labute approximate surface area is 190 Å². The van der Waals surface area contributed by atoms with Gasteiger partial charge in [0.05, 0.1) is 15.0 Å². The SMILES string of the molecule is CP=S(=O)(c1ccccc1)N1CCCC1CCc1ccc(N2CC(=O)NS2(=O)=O)c(O)c1. The van der Waals surface area contributed by atoms with E-state index in [1.54, 1.807) is 12.1 Å². The number of aryl methyl sites for hydroxylation is 1. The summed E-state index contributed by atoms with van der Waals surface area (Å²) < 4.78 is 42.9. The van der Waals surface area contributed by atoms with Crippen molar-refractivity contribution >= 4 is 38.5 Å². The van der Waals surface area contributed by atoms with Gasteiger partial charge >= 0.3 is 10.2 Å². The van der Waals surface area contributed by atoms with Gasteiger partial charge in [-0.1, -0.05) is 24.3 Å². The number of rotatable bonds is 6. The van der Waals surface area contributed by atoms with Gasteiger partial charge in [-0.3, -0.25) is 4.79 Å². The quantitative estimate of drug-likeness (QED) is 0.600. The van der Waals surface area contributed by atoms with Gasteiger partial charge in [-0.15, -0.1) is 0 Å². The lowest BCUT2D eigenvalue weighted by Gasteiger charge is -2.28. The Balaban J connectivity index is 1.49. The molecule has 2 saturated heterocycles. The monoisotopic (exact) mass is 495 g/mol. The molecule has 0 aliphatic carbocycles. The van der Waals surface area contributed by atoms with Gasteiger partial charge in [-0.2, -0.15) is 8.42 Å². The van der Waals surface area contributed by atoms with Crippen LogP contribution in [0, 0.1) is 0 Å². The van der Waals surface area contributed by atoms with Crippen LogP contribution in [0.25, 0.3) is 0 Å². The fourth-order valence-electron chi connectivity index (χ4n) is 4.30. The number of anilines is 1. The van der Waals surface area contributed by atoms with Crippen molar-refractivity contribution < 1.29 is 22.5 Å². The molecule has 2 aliphatic rings. The molecule has 32 heavy (non-hydrogen) atoms. The van der Waals surface area contributed by atoms with Crippen LogP contribution < -0.4 is 9.03 Å². The van der Waals surface area contributed by atoms with Gasteiger partial charge < -0.3 is 5.11 Å². The van der Waals surface area contributed by atoms with Gasteiger partial charge in [-0.05, 0) is 69.5 Å². The molecule has 0 aromatic heterocycles. The van der Waals surface area contributed by atoms with Crippen molar-refractivity contribution in [2.45, 2.75) is 36.6 Å². The van der Waals surface area contributed by atoms with Gasteiger partial charge in [-0.25, -0.2) is 17.5 Å². The number of amides is 1. The third-order valence-electron chi connectivity index (χ3n) is 5.83. The maximum absolute atomic E-state index is 13.9. The molecule has 11 heteroatoms. The van der Waals surface area contributed by atoms with Gasteiger partial charge in [0.25, 0.3) is 5.91 Å². The topological polar surface area (TPSA) is 107 Å². The Kier molecular flexibility index (Phi) is 6.49. The number of carbonyl (C=O) groups excluding carboxylic acids is 1. The molecular formula is C21H26N3O5PS2. The van der Waals surface area contributed by atoms with Crippen molar-refractivity contribution in [3.05, 3.63) is 54.1 Å². The van der Waals surface area contributed by atoms with Crippen LogP contribution in [0.1, 0.15) is 24.8 Å². The summed E-state index contributed by atoms with van der Waals surface area (Å²) in [4.78, 5) is 12.3. The lowest BCUT2D eigenvalue weighted by atomic mass is 10.0. The molecule has 0 bridgehead atoms. The standard InChI is InChI=1S/C21H26N3O5PS2/c1-30-31(27,18-7-3-2-4-8-18)23-13-5-6-17(23)11-9-16-10-12-19(20(25)14-16)24-15-21(26)22-32(24,28)29/h2-4,7-8,10,12,14,17,25H,5-6,9,11,13,15H2,1H3,(H,22,26). The van der Waals surface area contributed by atoms with E-state index in [9.17, 15) is 22.5 Å². The van der Waals surface area contributed by atoms with E-state index in [1.165, 1.54) is 6.07 Å². The van der Waals surface area contributed by atoms with Crippen LogP contribution in [0.15, 0.2) is 53.4 Å². The van der Waals surface area contributed by atoms with E-state index < -0.39 is 25.4 Å². The molecule has 0 radical (unpaired) electrons.